The molecule has 2 rings (SSSR count). The molecule has 5 nitrogen and oxygen atoms in total. The van der Waals surface area contributed by atoms with Gasteiger partial charge in [-0.2, -0.15) is 4.31 Å². The quantitative estimate of drug-likeness (QED) is 0.813. The highest BCUT2D eigenvalue weighted by molar-refractivity contribution is 9.10. The van der Waals surface area contributed by atoms with E-state index in [1.807, 2.05) is 0 Å². The fourth-order valence-corrected chi connectivity index (χ4v) is 4.90. The van der Waals surface area contributed by atoms with Crippen molar-refractivity contribution in [2.24, 2.45) is 0 Å². The van der Waals surface area contributed by atoms with E-state index >= 15 is 0 Å². The van der Waals surface area contributed by atoms with Crippen molar-refractivity contribution in [3.63, 3.8) is 0 Å². The number of hydrogen-bond acceptors (Lipinski definition) is 4. The molecule has 1 aromatic carbocycles. The maximum Gasteiger partial charge on any atom is 0.244 e. The zero-order valence-electron chi connectivity index (χ0n) is 9.71. The van der Waals surface area contributed by atoms with Crippen molar-refractivity contribution in [3.05, 3.63) is 22.7 Å². The maximum absolute atomic E-state index is 12.5. The Morgan fingerprint density at radius 2 is 2.22 bits per heavy atom. The molecule has 100 valence electrons. The summed E-state index contributed by atoms with van der Waals surface area (Å²) >= 11 is 3.22. The van der Waals surface area contributed by atoms with Gasteiger partial charge in [0.15, 0.2) is 0 Å². The van der Waals surface area contributed by atoms with E-state index in [0.717, 1.165) is 6.42 Å². The van der Waals surface area contributed by atoms with Crippen molar-refractivity contribution in [1.82, 2.24) is 4.31 Å². The van der Waals surface area contributed by atoms with Crippen LogP contribution in [0.15, 0.2) is 27.6 Å². The average Bonchev–Trinajstić information content (AvgIpc) is 2.76. The van der Waals surface area contributed by atoms with Gasteiger partial charge in [-0.05, 0) is 47.0 Å². The number of benzene rings is 1. The number of aliphatic hydroxyl groups is 1. The topological polar surface area (TPSA) is 83.6 Å². The largest absolute Gasteiger partial charge is 0.399 e. The summed E-state index contributed by atoms with van der Waals surface area (Å²) in [5.41, 5.74) is 6.10. The summed E-state index contributed by atoms with van der Waals surface area (Å²) in [7, 11) is -3.58. The van der Waals surface area contributed by atoms with Gasteiger partial charge in [0.1, 0.15) is 0 Å². The van der Waals surface area contributed by atoms with E-state index in [0.29, 0.717) is 23.1 Å². The Morgan fingerprint density at radius 1 is 1.50 bits per heavy atom. The minimum Gasteiger partial charge on any atom is -0.399 e. The van der Waals surface area contributed by atoms with Gasteiger partial charge in [0.05, 0.1) is 11.5 Å². The number of sulfonamides is 1. The van der Waals surface area contributed by atoms with Gasteiger partial charge in [-0.15, -0.1) is 0 Å². The Labute approximate surface area is 115 Å². The molecule has 1 aromatic rings. The van der Waals surface area contributed by atoms with Crippen LogP contribution in [0.25, 0.3) is 0 Å². The molecule has 1 aliphatic heterocycles. The second-order valence-electron chi connectivity index (χ2n) is 4.28. The second kappa shape index (κ2) is 5.16. The molecule has 0 aromatic heterocycles. The normalized spacial score (nSPS) is 21.3. The lowest BCUT2D eigenvalue weighted by molar-refractivity contribution is 0.213. The van der Waals surface area contributed by atoms with E-state index in [1.165, 1.54) is 10.4 Å². The Kier molecular flexibility index (Phi) is 3.96. The van der Waals surface area contributed by atoms with Crippen molar-refractivity contribution < 1.29 is 13.5 Å². The van der Waals surface area contributed by atoms with Crippen LogP contribution in [0, 0.1) is 0 Å². The predicted molar refractivity (Wildman–Crippen MR) is 72.6 cm³/mol. The van der Waals surface area contributed by atoms with Gasteiger partial charge >= 0.3 is 0 Å². The minimum absolute atomic E-state index is 0.147. The van der Waals surface area contributed by atoms with Crippen LogP contribution in [-0.2, 0) is 10.0 Å². The lowest BCUT2D eigenvalue weighted by Crippen LogP contribution is -2.37. The number of hydrogen-bond donors (Lipinski definition) is 2. The molecular formula is C11H15BrN2O3S. The molecular weight excluding hydrogens is 320 g/mol. The summed E-state index contributed by atoms with van der Waals surface area (Å²) in [5.74, 6) is 0. The van der Waals surface area contributed by atoms with Gasteiger partial charge in [-0.3, -0.25) is 0 Å². The van der Waals surface area contributed by atoms with Crippen molar-refractivity contribution in [3.8, 4) is 0 Å². The Bertz CT molecular complexity index is 547. The number of anilines is 1. The Hall–Kier alpha value is -0.630. The van der Waals surface area contributed by atoms with E-state index in [4.69, 9.17) is 5.73 Å². The molecule has 18 heavy (non-hydrogen) atoms. The van der Waals surface area contributed by atoms with Crippen LogP contribution in [-0.4, -0.2) is 37.0 Å². The van der Waals surface area contributed by atoms with E-state index in [1.54, 1.807) is 12.1 Å². The molecule has 0 spiro atoms. The van der Waals surface area contributed by atoms with Crippen LogP contribution in [0.5, 0.6) is 0 Å². The third-order valence-electron chi connectivity index (χ3n) is 3.08. The summed E-state index contributed by atoms with van der Waals surface area (Å²) in [6.45, 7) is 0.302. The van der Waals surface area contributed by atoms with Crippen LogP contribution >= 0.6 is 15.9 Å². The Balaban J connectivity index is 2.42. The van der Waals surface area contributed by atoms with Crippen LogP contribution in [0.4, 0.5) is 5.69 Å². The summed E-state index contributed by atoms with van der Waals surface area (Å²) in [4.78, 5) is 0.192. The van der Waals surface area contributed by atoms with E-state index in [9.17, 15) is 13.5 Å². The van der Waals surface area contributed by atoms with Crippen molar-refractivity contribution in [2.75, 3.05) is 18.9 Å². The summed E-state index contributed by atoms with van der Waals surface area (Å²) in [6, 6.07) is 4.29. The zero-order chi connectivity index (χ0) is 13.3. The number of nitrogen functional groups attached to an aromatic ring is 1. The molecule has 3 N–H and O–H groups in total. The molecule has 0 aliphatic carbocycles. The molecule has 1 saturated heterocycles. The van der Waals surface area contributed by atoms with Gasteiger partial charge < -0.3 is 10.8 Å². The highest BCUT2D eigenvalue weighted by Crippen LogP contribution is 2.31. The van der Waals surface area contributed by atoms with Crippen LogP contribution in [0.2, 0.25) is 0 Å². The average molecular weight is 335 g/mol. The van der Waals surface area contributed by atoms with E-state index < -0.39 is 10.0 Å². The van der Waals surface area contributed by atoms with Gasteiger partial charge in [-0.1, -0.05) is 0 Å². The first-order valence-corrected chi connectivity index (χ1v) is 7.88. The minimum atomic E-state index is -3.58. The van der Waals surface area contributed by atoms with Gasteiger partial charge in [-0.25, -0.2) is 8.42 Å². The fraction of sp³-hybridized carbons (Fsp3) is 0.455. The highest BCUT2D eigenvalue weighted by atomic mass is 79.9. The lowest BCUT2D eigenvalue weighted by Gasteiger charge is -2.23. The number of aliphatic hydroxyl groups excluding tert-OH is 1. The number of rotatable bonds is 3. The SMILES string of the molecule is Nc1ccc(S(=O)(=O)N2CCCC2CO)c(Br)c1. The molecule has 0 radical (unpaired) electrons. The first-order chi connectivity index (χ1) is 8.46. The van der Waals surface area contributed by atoms with Crippen LogP contribution < -0.4 is 5.73 Å². The van der Waals surface area contributed by atoms with E-state index in [2.05, 4.69) is 15.9 Å². The lowest BCUT2D eigenvalue weighted by atomic mass is 10.2. The second-order valence-corrected chi connectivity index (χ2v) is 7.00. The maximum atomic E-state index is 12.5. The third kappa shape index (κ3) is 2.40. The third-order valence-corrected chi connectivity index (χ3v) is 6.00. The van der Waals surface area contributed by atoms with Gasteiger partial charge in [0.2, 0.25) is 10.0 Å². The standard InChI is InChI=1S/C11H15BrN2O3S/c12-10-6-8(13)3-4-11(10)18(16,17)14-5-1-2-9(14)7-15/h3-4,6,9,15H,1-2,5,7,13H2. The van der Waals surface area contributed by atoms with Gasteiger partial charge in [0, 0.05) is 22.7 Å². The summed E-state index contributed by atoms with van der Waals surface area (Å²) in [6.07, 6.45) is 1.47. The number of nitrogens with zero attached hydrogens (tertiary/aromatic N) is 1. The number of nitrogens with two attached hydrogens (primary N) is 1. The van der Waals surface area contributed by atoms with Crippen LogP contribution in [0.3, 0.4) is 0 Å². The molecule has 0 bridgehead atoms. The molecule has 7 heteroatoms. The molecule has 0 saturated carbocycles. The first-order valence-electron chi connectivity index (χ1n) is 5.64. The van der Waals surface area contributed by atoms with Gasteiger partial charge in [0.25, 0.3) is 0 Å². The van der Waals surface area contributed by atoms with Crippen LogP contribution in [0.1, 0.15) is 12.8 Å². The first kappa shape index (κ1) is 13.8. The molecule has 1 heterocycles. The molecule has 1 aliphatic rings. The predicted octanol–water partition coefficient (Wildman–Crippen LogP) is 1.18. The zero-order valence-corrected chi connectivity index (χ0v) is 12.1. The van der Waals surface area contributed by atoms with Crippen molar-refractivity contribution in [1.29, 1.82) is 0 Å². The summed E-state index contributed by atoms with van der Waals surface area (Å²) in [5, 5.41) is 9.22. The monoisotopic (exact) mass is 334 g/mol. The molecule has 1 unspecified atom stereocenters. The van der Waals surface area contributed by atoms with Crippen molar-refractivity contribution >= 4 is 31.6 Å². The number of halogens is 1. The molecule has 1 fully saturated rings. The highest BCUT2D eigenvalue weighted by Gasteiger charge is 2.35. The van der Waals surface area contributed by atoms with E-state index in [-0.39, 0.29) is 17.5 Å². The molecule has 0 amide bonds. The fourth-order valence-electron chi connectivity index (χ4n) is 2.16. The van der Waals surface area contributed by atoms with Crippen molar-refractivity contribution in [2.45, 2.75) is 23.8 Å². The Morgan fingerprint density at radius 3 is 2.83 bits per heavy atom. The molecule has 1 atom stereocenters. The smallest absolute Gasteiger partial charge is 0.244 e. The summed E-state index contributed by atoms with van der Waals surface area (Å²) < 4.78 is 26.8.